The number of ether oxygens (including phenoxy) is 1. The molecule has 0 aliphatic heterocycles. The third kappa shape index (κ3) is 3.34. The maximum atomic E-state index is 12.1. The molecule has 4 heterocycles. The van der Waals surface area contributed by atoms with E-state index < -0.39 is 5.91 Å². The molecule has 0 atom stereocenters. The van der Waals surface area contributed by atoms with Gasteiger partial charge in [0.25, 0.3) is 5.91 Å². The first-order chi connectivity index (χ1) is 12.7. The molecule has 130 valence electrons. The van der Waals surface area contributed by atoms with Crippen LogP contribution in [0.2, 0.25) is 0 Å². The fourth-order valence-electron chi connectivity index (χ4n) is 2.27. The minimum absolute atomic E-state index is 0.171. The van der Waals surface area contributed by atoms with Crippen LogP contribution in [0.15, 0.2) is 49.1 Å². The summed E-state index contributed by atoms with van der Waals surface area (Å²) in [6.45, 7) is 0.397. The van der Waals surface area contributed by atoms with Crippen LogP contribution in [0.1, 0.15) is 16.1 Å². The Bertz CT molecular complexity index is 1060. The molecule has 0 bridgehead atoms. The Balaban J connectivity index is 1.47. The lowest BCUT2D eigenvalue weighted by molar-refractivity contribution is 0.102. The van der Waals surface area contributed by atoms with Gasteiger partial charge in [0.15, 0.2) is 11.3 Å². The van der Waals surface area contributed by atoms with E-state index in [1.54, 1.807) is 42.3 Å². The molecule has 0 radical (unpaired) electrons. The maximum absolute atomic E-state index is 12.1. The van der Waals surface area contributed by atoms with E-state index in [4.69, 9.17) is 4.74 Å². The Hall–Kier alpha value is -3.82. The molecule has 0 saturated carbocycles. The van der Waals surface area contributed by atoms with Crippen molar-refractivity contribution in [1.82, 2.24) is 34.6 Å². The van der Waals surface area contributed by atoms with Crippen LogP contribution in [0, 0.1) is 0 Å². The number of fused-ring (bicyclic) bond motifs is 1. The van der Waals surface area contributed by atoms with Crippen LogP contribution in [0.3, 0.4) is 0 Å². The van der Waals surface area contributed by atoms with E-state index in [0.717, 1.165) is 5.56 Å². The standard InChI is InChI=1S/C16H14N8O2/c1-23-9-13(20-22-23)15(25)19-16-18-14-7-12(4-6-24(14)21-16)26-10-11-3-2-5-17-8-11/h2-9H,10H2,1H3,(H,19,21,25). The highest BCUT2D eigenvalue weighted by Gasteiger charge is 2.13. The minimum Gasteiger partial charge on any atom is -0.489 e. The predicted octanol–water partition coefficient (Wildman–Crippen LogP) is 1.08. The van der Waals surface area contributed by atoms with Crippen molar-refractivity contribution in [2.75, 3.05) is 5.32 Å². The number of carbonyl (C=O) groups is 1. The van der Waals surface area contributed by atoms with E-state index in [0.29, 0.717) is 18.0 Å². The van der Waals surface area contributed by atoms with Gasteiger partial charge in [0.05, 0.1) is 6.20 Å². The first-order valence-electron chi connectivity index (χ1n) is 7.73. The molecule has 10 nitrogen and oxygen atoms in total. The number of rotatable bonds is 5. The number of carbonyl (C=O) groups excluding carboxylic acids is 1. The van der Waals surface area contributed by atoms with Crippen molar-refractivity contribution in [3.8, 4) is 5.75 Å². The molecule has 0 aliphatic rings. The first-order valence-corrected chi connectivity index (χ1v) is 7.73. The topological polar surface area (TPSA) is 112 Å². The summed E-state index contributed by atoms with van der Waals surface area (Å²) in [5.41, 5.74) is 1.70. The maximum Gasteiger partial charge on any atom is 0.280 e. The van der Waals surface area contributed by atoms with Crippen LogP contribution >= 0.6 is 0 Å². The molecule has 0 aliphatic carbocycles. The molecule has 0 unspecified atom stereocenters. The molecule has 0 aromatic carbocycles. The Morgan fingerprint density at radius 1 is 1.35 bits per heavy atom. The summed E-state index contributed by atoms with van der Waals surface area (Å²) in [4.78, 5) is 20.4. The molecule has 4 aromatic rings. The van der Waals surface area contributed by atoms with Crippen LogP contribution in [0.25, 0.3) is 5.65 Å². The quantitative estimate of drug-likeness (QED) is 0.573. The summed E-state index contributed by atoms with van der Waals surface area (Å²) >= 11 is 0. The molecule has 0 spiro atoms. The van der Waals surface area contributed by atoms with Crippen molar-refractivity contribution < 1.29 is 9.53 Å². The van der Waals surface area contributed by atoms with E-state index in [2.05, 4.69) is 30.7 Å². The molecule has 1 amide bonds. The lowest BCUT2D eigenvalue weighted by Crippen LogP contribution is -2.13. The number of amides is 1. The Morgan fingerprint density at radius 2 is 2.27 bits per heavy atom. The Morgan fingerprint density at radius 3 is 3.04 bits per heavy atom. The zero-order valence-electron chi connectivity index (χ0n) is 13.8. The summed E-state index contributed by atoms with van der Waals surface area (Å²) in [5, 5.41) is 14.3. The second kappa shape index (κ2) is 6.59. The molecule has 26 heavy (non-hydrogen) atoms. The van der Waals surface area contributed by atoms with E-state index >= 15 is 0 Å². The monoisotopic (exact) mass is 350 g/mol. The van der Waals surface area contributed by atoms with Crippen LogP contribution in [0.5, 0.6) is 5.75 Å². The number of aryl methyl sites for hydroxylation is 1. The Labute approximate surface area is 147 Å². The van der Waals surface area contributed by atoms with E-state index in [9.17, 15) is 4.79 Å². The van der Waals surface area contributed by atoms with Crippen molar-refractivity contribution in [1.29, 1.82) is 0 Å². The van der Waals surface area contributed by atoms with Gasteiger partial charge >= 0.3 is 0 Å². The molecule has 4 rings (SSSR count). The average Bonchev–Trinajstić information content (AvgIpc) is 3.26. The van der Waals surface area contributed by atoms with Crippen LogP contribution in [-0.2, 0) is 13.7 Å². The van der Waals surface area contributed by atoms with Crippen molar-refractivity contribution in [3.05, 3.63) is 60.3 Å². The molecule has 1 N–H and O–H groups in total. The zero-order chi connectivity index (χ0) is 17.9. The second-order valence-electron chi connectivity index (χ2n) is 5.48. The highest BCUT2D eigenvalue weighted by molar-refractivity contribution is 6.01. The highest BCUT2D eigenvalue weighted by atomic mass is 16.5. The van der Waals surface area contributed by atoms with Gasteiger partial charge in [0.2, 0.25) is 5.95 Å². The molecule has 10 heteroatoms. The number of aromatic nitrogens is 7. The van der Waals surface area contributed by atoms with Crippen molar-refractivity contribution in [2.45, 2.75) is 6.61 Å². The van der Waals surface area contributed by atoms with Gasteiger partial charge in [-0.05, 0) is 12.1 Å². The third-order valence-electron chi connectivity index (χ3n) is 3.50. The number of pyridine rings is 2. The van der Waals surface area contributed by atoms with Gasteiger partial charge in [0.1, 0.15) is 12.4 Å². The number of hydrogen-bond acceptors (Lipinski definition) is 7. The van der Waals surface area contributed by atoms with E-state index in [-0.39, 0.29) is 11.6 Å². The molecule has 0 saturated heterocycles. The number of nitrogens with one attached hydrogen (secondary N) is 1. The molecular formula is C16H14N8O2. The fraction of sp³-hybridized carbons (Fsp3) is 0.125. The molecule has 0 fully saturated rings. The molecule has 4 aromatic heterocycles. The predicted molar refractivity (Wildman–Crippen MR) is 90.5 cm³/mol. The summed E-state index contributed by atoms with van der Waals surface area (Å²) in [5.74, 6) is 0.382. The van der Waals surface area contributed by atoms with Gasteiger partial charge < -0.3 is 4.74 Å². The molecular weight excluding hydrogens is 336 g/mol. The SMILES string of the molecule is Cn1cc(C(=O)Nc2nc3cc(OCc4cccnc4)ccn3n2)nn1. The van der Waals surface area contributed by atoms with Gasteiger partial charge in [-0.25, -0.2) is 4.52 Å². The third-order valence-corrected chi connectivity index (χ3v) is 3.50. The zero-order valence-corrected chi connectivity index (χ0v) is 13.8. The average molecular weight is 350 g/mol. The summed E-state index contributed by atoms with van der Waals surface area (Å²) in [6, 6.07) is 7.29. The lowest BCUT2D eigenvalue weighted by Gasteiger charge is -2.05. The van der Waals surface area contributed by atoms with Crippen molar-refractivity contribution in [2.24, 2.45) is 7.05 Å². The van der Waals surface area contributed by atoms with E-state index in [1.165, 1.54) is 10.9 Å². The number of nitrogens with zero attached hydrogens (tertiary/aromatic N) is 7. The lowest BCUT2D eigenvalue weighted by atomic mass is 10.3. The van der Waals surface area contributed by atoms with E-state index in [1.807, 2.05) is 12.1 Å². The van der Waals surface area contributed by atoms with Crippen LogP contribution in [0.4, 0.5) is 5.95 Å². The smallest absolute Gasteiger partial charge is 0.280 e. The normalized spacial score (nSPS) is 10.8. The van der Waals surface area contributed by atoms with Gasteiger partial charge in [-0.15, -0.1) is 10.2 Å². The van der Waals surface area contributed by atoms with Gasteiger partial charge in [0, 0.05) is 37.3 Å². The number of anilines is 1. The fourth-order valence-corrected chi connectivity index (χ4v) is 2.27. The largest absolute Gasteiger partial charge is 0.489 e. The number of hydrogen-bond donors (Lipinski definition) is 1. The van der Waals surface area contributed by atoms with Gasteiger partial charge in [-0.3, -0.25) is 19.8 Å². The second-order valence-corrected chi connectivity index (χ2v) is 5.48. The van der Waals surface area contributed by atoms with Crippen LogP contribution in [-0.4, -0.2) is 40.5 Å². The summed E-state index contributed by atoms with van der Waals surface area (Å²) < 4.78 is 8.72. The highest BCUT2D eigenvalue weighted by Crippen LogP contribution is 2.16. The van der Waals surface area contributed by atoms with Crippen molar-refractivity contribution in [3.63, 3.8) is 0 Å². The summed E-state index contributed by atoms with van der Waals surface area (Å²) in [7, 11) is 1.68. The first kappa shape index (κ1) is 15.7. The Kier molecular flexibility index (Phi) is 3.98. The minimum atomic E-state index is -0.429. The van der Waals surface area contributed by atoms with Gasteiger partial charge in [-0.2, -0.15) is 4.98 Å². The van der Waals surface area contributed by atoms with Crippen LogP contribution < -0.4 is 10.1 Å². The summed E-state index contributed by atoms with van der Waals surface area (Å²) in [6.07, 6.45) is 6.67. The van der Waals surface area contributed by atoms with Crippen molar-refractivity contribution >= 4 is 17.5 Å². The van der Waals surface area contributed by atoms with Gasteiger partial charge in [-0.1, -0.05) is 11.3 Å².